The molecule has 0 spiro atoms. The lowest BCUT2D eigenvalue weighted by molar-refractivity contribution is -0.122. The number of aliphatic hydroxyl groups is 1. The smallest absolute Gasteiger partial charge is 0.223 e. The fraction of sp³-hybridized carbons (Fsp3) is 0.562. The van der Waals surface area contributed by atoms with Gasteiger partial charge in [0, 0.05) is 11.6 Å². The number of hydrogen-bond donors (Lipinski definition) is 2. The molecule has 0 aliphatic rings. The van der Waals surface area contributed by atoms with Crippen molar-refractivity contribution in [2.45, 2.75) is 39.2 Å². The van der Waals surface area contributed by atoms with Crippen LogP contribution in [0.1, 0.15) is 33.6 Å². The zero-order valence-electron chi connectivity index (χ0n) is 12.9. The molecule has 5 heteroatoms. The summed E-state index contributed by atoms with van der Waals surface area (Å²) < 4.78 is 5.45. The van der Waals surface area contributed by atoms with E-state index in [0.717, 1.165) is 0 Å². The lowest BCUT2D eigenvalue weighted by atomic mass is 9.94. The first-order valence-corrected chi connectivity index (χ1v) is 7.54. The van der Waals surface area contributed by atoms with E-state index >= 15 is 0 Å². The van der Waals surface area contributed by atoms with Crippen LogP contribution < -0.4 is 10.1 Å². The highest BCUT2D eigenvalue weighted by Crippen LogP contribution is 2.17. The zero-order chi connectivity index (χ0) is 15.9. The molecule has 0 bridgehead atoms. The molecule has 1 atom stereocenters. The minimum Gasteiger partial charge on any atom is -0.493 e. The van der Waals surface area contributed by atoms with Gasteiger partial charge in [0.15, 0.2) is 0 Å². The first kappa shape index (κ1) is 17.8. The van der Waals surface area contributed by atoms with Crippen molar-refractivity contribution in [1.29, 1.82) is 0 Å². The van der Waals surface area contributed by atoms with Crippen LogP contribution in [-0.4, -0.2) is 29.8 Å². The quantitative estimate of drug-likeness (QED) is 0.775. The Labute approximate surface area is 131 Å². The second-order valence-corrected chi connectivity index (χ2v) is 6.36. The lowest BCUT2D eigenvalue weighted by Crippen LogP contribution is -2.41. The Morgan fingerprint density at radius 3 is 2.81 bits per heavy atom. The van der Waals surface area contributed by atoms with Crippen molar-refractivity contribution in [2.24, 2.45) is 5.92 Å². The maximum atomic E-state index is 11.7. The maximum Gasteiger partial charge on any atom is 0.223 e. The predicted octanol–water partition coefficient (Wildman–Crippen LogP) is 3.02. The molecule has 0 aromatic heterocycles. The minimum atomic E-state index is -0.877. The summed E-state index contributed by atoms with van der Waals surface area (Å²) in [7, 11) is 0. The molecule has 118 valence electrons. The molecule has 1 aromatic carbocycles. The molecule has 0 saturated carbocycles. The highest BCUT2D eigenvalue weighted by atomic mass is 35.5. The van der Waals surface area contributed by atoms with Crippen LogP contribution in [0, 0.1) is 5.92 Å². The van der Waals surface area contributed by atoms with Crippen LogP contribution in [0.3, 0.4) is 0 Å². The van der Waals surface area contributed by atoms with Gasteiger partial charge in [-0.3, -0.25) is 4.79 Å². The molecule has 1 aromatic rings. The van der Waals surface area contributed by atoms with Crippen molar-refractivity contribution < 1.29 is 14.6 Å². The van der Waals surface area contributed by atoms with Gasteiger partial charge in [0.1, 0.15) is 5.75 Å². The Morgan fingerprint density at radius 2 is 2.19 bits per heavy atom. The number of benzene rings is 1. The van der Waals surface area contributed by atoms with Crippen molar-refractivity contribution in [3.8, 4) is 5.75 Å². The molecule has 1 unspecified atom stereocenters. The Morgan fingerprint density at radius 1 is 1.48 bits per heavy atom. The molecule has 0 fully saturated rings. The SMILES string of the molecule is CC(C)CC(C)(O)CNC(=O)CCOc1cccc(Cl)c1. The number of nitrogens with one attached hydrogen (secondary N) is 1. The van der Waals surface area contributed by atoms with Gasteiger partial charge in [-0.15, -0.1) is 0 Å². The molecular weight excluding hydrogens is 290 g/mol. The Kier molecular flexibility index (Phi) is 6.99. The van der Waals surface area contributed by atoms with Gasteiger partial charge in [-0.25, -0.2) is 0 Å². The van der Waals surface area contributed by atoms with Gasteiger partial charge >= 0.3 is 0 Å². The second-order valence-electron chi connectivity index (χ2n) is 5.93. The third-order valence-electron chi connectivity index (χ3n) is 2.91. The summed E-state index contributed by atoms with van der Waals surface area (Å²) in [6.07, 6.45) is 0.885. The van der Waals surface area contributed by atoms with Gasteiger partial charge in [0.2, 0.25) is 5.91 Å². The highest BCUT2D eigenvalue weighted by Gasteiger charge is 2.22. The maximum absolute atomic E-state index is 11.7. The van der Waals surface area contributed by atoms with Gasteiger partial charge in [-0.2, -0.15) is 0 Å². The summed E-state index contributed by atoms with van der Waals surface area (Å²) in [5.41, 5.74) is -0.877. The zero-order valence-corrected chi connectivity index (χ0v) is 13.6. The third-order valence-corrected chi connectivity index (χ3v) is 3.14. The highest BCUT2D eigenvalue weighted by molar-refractivity contribution is 6.30. The average molecular weight is 314 g/mol. The molecule has 0 saturated heterocycles. The van der Waals surface area contributed by atoms with E-state index in [1.165, 1.54) is 0 Å². The predicted molar refractivity (Wildman–Crippen MR) is 84.7 cm³/mol. The molecule has 0 radical (unpaired) electrons. The molecule has 4 nitrogen and oxygen atoms in total. The number of hydrogen-bond acceptors (Lipinski definition) is 3. The summed E-state index contributed by atoms with van der Waals surface area (Å²) >= 11 is 5.84. The third kappa shape index (κ3) is 7.93. The second kappa shape index (κ2) is 8.25. The Hall–Kier alpha value is -1.26. The van der Waals surface area contributed by atoms with Crippen LogP contribution in [-0.2, 0) is 4.79 Å². The van der Waals surface area contributed by atoms with Crippen molar-refractivity contribution in [3.63, 3.8) is 0 Å². The van der Waals surface area contributed by atoms with Crippen molar-refractivity contribution in [3.05, 3.63) is 29.3 Å². The average Bonchev–Trinajstić information content (AvgIpc) is 2.35. The van der Waals surface area contributed by atoms with E-state index in [1.54, 1.807) is 31.2 Å². The molecule has 21 heavy (non-hydrogen) atoms. The molecule has 0 aliphatic heterocycles. The number of rotatable bonds is 8. The topological polar surface area (TPSA) is 58.6 Å². The minimum absolute atomic E-state index is 0.138. The summed E-state index contributed by atoms with van der Waals surface area (Å²) in [5.74, 6) is 0.881. The van der Waals surface area contributed by atoms with Crippen molar-refractivity contribution >= 4 is 17.5 Å². The van der Waals surface area contributed by atoms with E-state index in [4.69, 9.17) is 16.3 Å². The molecule has 1 rings (SSSR count). The standard InChI is InChI=1S/C16H24ClNO3/c1-12(2)10-16(3,20)11-18-15(19)7-8-21-14-6-4-5-13(17)9-14/h4-6,9,12,20H,7-8,10-11H2,1-3H3,(H,18,19). The van der Waals surface area contributed by atoms with E-state index in [2.05, 4.69) is 5.32 Å². The summed E-state index contributed by atoms with van der Waals surface area (Å²) in [4.78, 5) is 11.7. The molecule has 1 amide bonds. The summed E-state index contributed by atoms with van der Waals surface area (Å²) in [6.45, 7) is 6.33. The van der Waals surface area contributed by atoms with Crippen LogP contribution in [0.2, 0.25) is 5.02 Å². The molecule has 2 N–H and O–H groups in total. The van der Waals surface area contributed by atoms with Crippen LogP contribution in [0.25, 0.3) is 0 Å². The van der Waals surface area contributed by atoms with Gasteiger partial charge in [0.05, 0.1) is 18.6 Å². The summed E-state index contributed by atoms with van der Waals surface area (Å²) in [6, 6.07) is 7.04. The van der Waals surface area contributed by atoms with Crippen molar-refractivity contribution in [2.75, 3.05) is 13.2 Å². The number of amides is 1. The van der Waals surface area contributed by atoms with Crippen molar-refractivity contribution in [1.82, 2.24) is 5.32 Å². The van der Waals surface area contributed by atoms with Gasteiger partial charge < -0.3 is 15.2 Å². The van der Waals surface area contributed by atoms with Crippen LogP contribution >= 0.6 is 11.6 Å². The largest absolute Gasteiger partial charge is 0.493 e. The van der Waals surface area contributed by atoms with E-state index in [0.29, 0.717) is 23.1 Å². The first-order chi connectivity index (χ1) is 9.78. The lowest BCUT2D eigenvalue weighted by Gasteiger charge is -2.25. The Balaban J connectivity index is 2.25. The summed E-state index contributed by atoms with van der Waals surface area (Å²) in [5, 5.41) is 13.4. The van der Waals surface area contributed by atoms with Crippen LogP contribution in [0.4, 0.5) is 0 Å². The van der Waals surface area contributed by atoms with Gasteiger partial charge in [-0.05, 0) is 37.5 Å². The molecule has 0 heterocycles. The van der Waals surface area contributed by atoms with Crippen LogP contribution in [0.15, 0.2) is 24.3 Å². The van der Waals surface area contributed by atoms with Gasteiger partial charge in [0.25, 0.3) is 0 Å². The van der Waals surface area contributed by atoms with E-state index < -0.39 is 5.60 Å². The fourth-order valence-electron chi connectivity index (χ4n) is 2.15. The molecule has 0 aliphatic carbocycles. The number of carbonyl (C=O) groups excluding carboxylic acids is 1. The van der Waals surface area contributed by atoms with E-state index in [-0.39, 0.29) is 25.5 Å². The van der Waals surface area contributed by atoms with E-state index in [9.17, 15) is 9.90 Å². The number of halogens is 1. The Bertz CT molecular complexity index is 461. The molecular formula is C16H24ClNO3. The van der Waals surface area contributed by atoms with Gasteiger partial charge in [-0.1, -0.05) is 31.5 Å². The normalized spacial score (nSPS) is 13.8. The monoisotopic (exact) mass is 313 g/mol. The van der Waals surface area contributed by atoms with Crippen LogP contribution in [0.5, 0.6) is 5.75 Å². The number of ether oxygens (including phenoxy) is 1. The number of carbonyl (C=O) groups is 1. The first-order valence-electron chi connectivity index (χ1n) is 7.16. The van der Waals surface area contributed by atoms with E-state index in [1.807, 2.05) is 13.8 Å². The fourth-order valence-corrected chi connectivity index (χ4v) is 2.33.